The molecule has 3 aliphatic rings. The van der Waals surface area contributed by atoms with Crippen molar-refractivity contribution in [3.63, 3.8) is 0 Å². The molecule has 0 aromatic rings. The molecular formula is C22H34O5. The summed E-state index contributed by atoms with van der Waals surface area (Å²) < 4.78 is 5.93. The lowest BCUT2D eigenvalue weighted by molar-refractivity contribution is -0.141. The molecule has 3 N–H and O–H groups in total. The van der Waals surface area contributed by atoms with E-state index >= 15 is 0 Å². The quantitative estimate of drug-likeness (QED) is 0.591. The monoisotopic (exact) mass is 378 g/mol. The fourth-order valence-electron chi connectivity index (χ4n) is 5.45. The van der Waals surface area contributed by atoms with E-state index in [9.17, 15) is 15.0 Å². The maximum Gasteiger partial charge on any atom is 0.303 e. The van der Waals surface area contributed by atoms with Crippen LogP contribution in [0.4, 0.5) is 0 Å². The highest BCUT2D eigenvalue weighted by Crippen LogP contribution is 2.57. The molecule has 3 rings (SSSR count). The Morgan fingerprint density at radius 1 is 1.30 bits per heavy atom. The maximum atomic E-state index is 10.8. The lowest BCUT2D eigenvalue weighted by atomic mass is 9.53. The summed E-state index contributed by atoms with van der Waals surface area (Å²) in [5.41, 5.74) is 0.803. The van der Waals surface area contributed by atoms with Crippen LogP contribution in [0.3, 0.4) is 0 Å². The molecule has 5 nitrogen and oxygen atoms in total. The first-order valence-electron chi connectivity index (χ1n) is 10.5. The normalized spacial score (nSPS) is 37.1. The first-order chi connectivity index (χ1) is 13.0. The third-order valence-corrected chi connectivity index (χ3v) is 7.08. The lowest BCUT2D eigenvalue weighted by Gasteiger charge is -2.58. The highest BCUT2D eigenvalue weighted by atomic mass is 16.5. The number of ether oxygens (including phenoxy) is 1. The molecule has 3 fully saturated rings. The van der Waals surface area contributed by atoms with Crippen LogP contribution in [0.1, 0.15) is 64.2 Å². The Balaban J connectivity index is 1.67. The van der Waals surface area contributed by atoms with E-state index in [0.717, 1.165) is 25.7 Å². The van der Waals surface area contributed by atoms with Crippen molar-refractivity contribution < 1.29 is 24.9 Å². The maximum absolute atomic E-state index is 10.8. The number of hydrogen-bond acceptors (Lipinski definition) is 4. The van der Waals surface area contributed by atoms with Gasteiger partial charge in [0.1, 0.15) is 0 Å². The first kappa shape index (κ1) is 20.6. The second kappa shape index (κ2) is 8.89. The van der Waals surface area contributed by atoms with Crippen LogP contribution >= 0.6 is 0 Å². The summed E-state index contributed by atoms with van der Waals surface area (Å²) in [6.45, 7) is 0. The molecule has 0 bridgehead atoms. The van der Waals surface area contributed by atoms with Crippen molar-refractivity contribution in [3.05, 3.63) is 23.8 Å². The summed E-state index contributed by atoms with van der Waals surface area (Å²) in [5, 5.41) is 30.0. The predicted molar refractivity (Wildman–Crippen MR) is 103 cm³/mol. The largest absolute Gasteiger partial charge is 0.481 e. The molecule has 0 saturated heterocycles. The molecule has 0 aromatic carbocycles. The van der Waals surface area contributed by atoms with Crippen molar-refractivity contribution in [2.45, 2.75) is 82.0 Å². The zero-order valence-electron chi connectivity index (χ0n) is 16.3. The van der Waals surface area contributed by atoms with Gasteiger partial charge in [-0.2, -0.15) is 0 Å². The van der Waals surface area contributed by atoms with E-state index in [-0.39, 0.29) is 23.9 Å². The molecule has 0 aliphatic heterocycles. The van der Waals surface area contributed by atoms with E-state index in [1.807, 2.05) is 18.2 Å². The van der Waals surface area contributed by atoms with Gasteiger partial charge in [-0.05, 0) is 50.0 Å². The minimum atomic E-state index is -0.786. The molecule has 3 aliphatic carbocycles. The number of carboxylic acid groups (broad SMARTS) is 1. The van der Waals surface area contributed by atoms with E-state index in [1.165, 1.54) is 24.8 Å². The van der Waals surface area contributed by atoms with E-state index in [4.69, 9.17) is 9.84 Å². The van der Waals surface area contributed by atoms with Gasteiger partial charge in [0.05, 0.1) is 17.8 Å². The minimum Gasteiger partial charge on any atom is -0.481 e. The number of fused-ring (bicyclic) bond motifs is 1. The fraction of sp³-hybridized carbons (Fsp3) is 0.773. The van der Waals surface area contributed by atoms with E-state index in [2.05, 4.69) is 0 Å². The van der Waals surface area contributed by atoms with Crippen LogP contribution in [-0.2, 0) is 9.53 Å². The van der Waals surface area contributed by atoms with Crippen molar-refractivity contribution in [2.75, 3.05) is 7.11 Å². The Morgan fingerprint density at radius 2 is 2.04 bits per heavy atom. The number of aliphatic carboxylic acids is 1. The summed E-state index contributed by atoms with van der Waals surface area (Å²) in [7, 11) is 1.71. The van der Waals surface area contributed by atoms with Crippen molar-refractivity contribution in [3.8, 4) is 0 Å². The molecule has 27 heavy (non-hydrogen) atoms. The SMILES string of the molecule is CO[C@]12CC[C@@H](O)[C@H](/C=C/C(O)C3CCCCC3)[C@H]1C/C2=C/CCC(=O)O. The number of rotatable bonds is 7. The summed E-state index contributed by atoms with van der Waals surface area (Å²) in [6.07, 6.45) is 13.8. The van der Waals surface area contributed by atoms with Gasteiger partial charge in [0, 0.05) is 25.4 Å². The summed E-state index contributed by atoms with van der Waals surface area (Å²) in [6, 6.07) is 0. The van der Waals surface area contributed by atoms with Gasteiger partial charge in [-0.25, -0.2) is 0 Å². The smallest absolute Gasteiger partial charge is 0.303 e. The third-order valence-electron chi connectivity index (χ3n) is 7.08. The number of aliphatic hydroxyl groups excluding tert-OH is 2. The zero-order chi connectivity index (χ0) is 19.4. The summed E-state index contributed by atoms with van der Waals surface area (Å²) in [5.74, 6) is -0.271. The lowest BCUT2D eigenvalue weighted by Crippen LogP contribution is -2.59. The summed E-state index contributed by atoms with van der Waals surface area (Å²) in [4.78, 5) is 10.8. The molecule has 1 unspecified atom stereocenters. The van der Waals surface area contributed by atoms with Crippen LogP contribution in [-0.4, -0.2) is 46.2 Å². The van der Waals surface area contributed by atoms with E-state index < -0.39 is 18.2 Å². The molecule has 0 heterocycles. The molecule has 5 atom stereocenters. The highest BCUT2D eigenvalue weighted by Gasteiger charge is 2.57. The van der Waals surface area contributed by atoms with Crippen molar-refractivity contribution in [1.82, 2.24) is 0 Å². The second-order valence-electron chi connectivity index (χ2n) is 8.52. The molecule has 0 radical (unpaired) electrons. The van der Waals surface area contributed by atoms with E-state index in [1.54, 1.807) is 7.11 Å². The van der Waals surface area contributed by atoms with Crippen molar-refractivity contribution in [1.29, 1.82) is 0 Å². The number of allylic oxidation sites excluding steroid dienone is 1. The standard InChI is InChI=1S/C22H34O5/c1-27-22-13-12-20(24)17(10-11-19(23)15-6-3-2-4-7-15)18(22)14-16(22)8-5-9-21(25)26/h8,10-11,15,17-20,23-24H,2-7,9,12-14H2,1H3,(H,25,26)/b11-10+,16-8-/t17-,18-,19?,20-,22+/m1/s1. The van der Waals surface area contributed by atoms with Gasteiger partial charge in [0.15, 0.2) is 0 Å². The van der Waals surface area contributed by atoms with Gasteiger partial charge >= 0.3 is 5.97 Å². The van der Waals surface area contributed by atoms with Crippen LogP contribution in [0.5, 0.6) is 0 Å². The molecular weight excluding hydrogens is 344 g/mol. The van der Waals surface area contributed by atoms with Gasteiger partial charge < -0.3 is 20.1 Å². The number of aliphatic hydroxyl groups is 2. The summed E-state index contributed by atoms with van der Waals surface area (Å²) >= 11 is 0. The molecule has 0 spiro atoms. The van der Waals surface area contributed by atoms with Crippen LogP contribution in [0.2, 0.25) is 0 Å². The van der Waals surface area contributed by atoms with Crippen LogP contribution in [0.15, 0.2) is 23.8 Å². The Labute approximate surface area is 162 Å². The van der Waals surface area contributed by atoms with Gasteiger partial charge in [-0.15, -0.1) is 0 Å². The van der Waals surface area contributed by atoms with Crippen LogP contribution in [0, 0.1) is 17.8 Å². The molecule has 0 amide bonds. The molecule has 152 valence electrons. The number of hydrogen-bond donors (Lipinski definition) is 3. The number of carboxylic acids is 1. The number of methoxy groups -OCH3 is 1. The molecule has 0 aromatic heterocycles. The average molecular weight is 379 g/mol. The Kier molecular flexibility index (Phi) is 6.77. The minimum absolute atomic E-state index is 0.0198. The molecule has 5 heteroatoms. The Hall–Kier alpha value is -1.17. The highest BCUT2D eigenvalue weighted by molar-refractivity contribution is 5.66. The predicted octanol–water partition coefficient (Wildman–Crippen LogP) is 3.45. The van der Waals surface area contributed by atoms with Crippen LogP contribution in [0.25, 0.3) is 0 Å². The van der Waals surface area contributed by atoms with Crippen molar-refractivity contribution in [2.24, 2.45) is 17.8 Å². The molecule has 3 saturated carbocycles. The van der Waals surface area contributed by atoms with Gasteiger partial charge in [-0.1, -0.05) is 37.5 Å². The van der Waals surface area contributed by atoms with E-state index in [0.29, 0.717) is 18.8 Å². The Morgan fingerprint density at radius 3 is 2.70 bits per heavy atom. The zero-order valence-corrected chi connectivity index (χ0v) is 16.3. The average Bonchev–Trinajstić information content (AvgIpc) is 2.66. The second-order valence-corrected chi connectivity index (χ2v) is 8.52. The van der Waals surface area contributed by atoms with Gasteiger partial charge in [0.2, 0.25) is 0 Å². The third kappa shape index (κ3) is 4.30. The van der Waals surface area contributed by atoms with Crippen molar-refractivity contribution >= 4 is 5.97 Å². The van der Waals surface area contributed by atoms with Gasteiger partial charge in [-0.3, -0.25) is 4.79 Å². The Bertz CT molecular complexity index is 577. The van der Waals surface area contributed by atoms with Crippen LogP contribution < -0.4 is 0 Å². The topological polar surface area (TPSA) is 87.0 Å². The van der Waals surface area contributed by atoms with Gasteiger partial charge in [0.25, 0.3) is 0 Å². The first-order valence-corrected chi connectivity index (χ1v) is 10.5. The number of carbonyl (C=O) groups is 1. The fourth-order valence-corrected chi connectivity index (χ4v) is 5.45.